The van der Waals surface area contributed by atoms with Gasteiger partial charge in [-0.3, -0.25) is 0 Å². The summed E-state index contributed by atoms with van der Waals surface area (Å²) >= 11 is 0. The number of esters is 1. The Morgan fingerprint density at radius 2 is 2.04 bits per heavy atom. The van der Waals surface area contributed by atoms with Crippen LogP contribution in [-0.4, -0.2) is 36.9 Å². The molecule has 1 aromatic rings. The Hall–Kier alpha value is -2.81. The van der Waals surface area contributed by atoms with Crippen molar-refractivity contribution >= 4 is 23.2 Å². The molecular weight excluding hydrogens is 292 g/mol. The zero-order valence-electron chi connectivity index (χ0n) is 13.0. The molecule has 1 saturated heterocycles. The maximum Gasteiger partial charge on any atom is 0.350 e. The third-order valence-corrected chi connectivity index (χ3v) is 4.02. The second-order valence-corrected chi connectivity index (χ2v) is 5.48. The van der Waals surface area contributed by atoms with E-state index in [9.17, 15) is 10.1 Å². The summed E-state index contributed by atoms with van der Waals surface area (Å²) in [5.74, 6) is -0.00978. The summed E-state index contributed by atoms with van der Waals surface area (Å²) < 4.78 is 4.75. The number of hydrogen-bond donors (Lipinski definition) is 1. The lowest BCUT2D eigenvalue weighted by Crippen LogP contribution is -2.40. The van der Waals surface area contributed by atoms with Gasteiger partial charge < -0.3 is 15.0 Å². The zero-order valence-corrected chi connectivity index (χ0v) is 13.0. The lowest BCUT2D eigenvalue weighted by molar-refractivity contribution is -0.135. The predicted molar refractivity (Wildman–Crippen MR) is 87.2 cm³/mol. The van der Waals surface area contributed by atoms with Crippen molar-refractivity contribution in [2.24, 2.45) is 4.99 Å². The van der Waals surface area contributed by atoms with Gasteiger partial charge in [0, 0.05) is 13.1 Å². The van der Waals surface area contributed by atoms with Gasteiger partial charge in [-0.15, -0.1) is 0 Å². The minimum absolute atomic E-state index is 0.0497. The van der Waals surface area contributed by atoms with Crippen LogP contribution in [0, 0.1) is 11.3 Å². The van der Waals surface area contributed by atoms with Gasteiger partial charge in [0.25, 0.3) is 0 Å². The SMILES string of the molecule is COC(=O)/C(C#N)=C1\Nc2ccccc2N=C1N1CCCCC1. The van der Waals surface area contributed by atoms with Gasteiger partial charge in [0.15, 0.2) is 11.4 Å². The first-order valence-electron chi connectivity index (χ1n) is 7.67. The first kappa shape index (κ1) is 15.1. The number of fused-ring (bicyclic) bond motifs is 1. The number of nitrogens with zero attached hydrogens (tertiary/aromatic N) is 3. The highest BCUT2D eigenvalue weighted by atomic mass is 16.5. The number of piperidine rings is 1. The van der Waals surface area contributed by atoms with Gasteiger partial charge in [-0.05, 0) is 31.4 Å². The monoisotopic (exact) mass is 310 g/mol. The van der Waals surface area contributed by atoms with Crippen molar-refractivity contribution in [3.8, 4) is 6.07 Å². The Bertz CT molecular complexity index is 724. The number of hydrogen-bond acceptors (Lipinski definition) is 6. The van der Waals surface area contributed by atoms with Gasteiger partial charge in [-0.2, -0.15) is 5.26 Å². The third-order valence-electron chi connectivity index (χ3n) is 4.02. The van der Waals surface area contributed by atoms with Crippen molar-refractivity contribution < 1.29 is 9.53 Å². The summed E-state index contributed by atoms with van der Waals surface area (Å²) in [5.41, 5.74) is 1.96. The standard InChI is InChI=1S/C17H18N4O2/c1-23-17(22)12(11-18)15-16(21-9-5-2-6-10-21)20-14-8-4-3-7-13(14)19-15/h3-4,7-8,19H,2,5-6,9-10H2,1H3/b15-12-. The van der Waals surface area contributed by atoms with Gasteiger partial charge in [0.05, 0.1) is 18.5 Å². The molecule has 0 bridgehead atoms. The summed E-state index contributed by atoms with van der Waals surface area (Å²) in [4.78, 5) is 18.8. The predicted octanol–water partition coefficient (Wildman–Crippen LogP) is 2.58. The lowest BCUT2D eigenvalue weighted by atomic mass is 10.1. The fourth-order valence-electron chi connectivity index (χ4n) is 2.85. The maximum absolute atomic E-state index is 12.0. The number of ether oxygens (including phenoxy) is 1. The van der Waals surface area contributed by atoms with Crippen LogP contribution in [0.2, 0.25) is 0 Å². The molecule has 1 fully saturated rings. The van der Waals surface area contributed by atoms with Gasteiger partial charge in [-0.25, -0.2) is 9.79 Å². The van der Waals surface area contributed by atoms with E-state index in [4.69, 9.17) is 9.73 Å². The number of para-hydroxylation sites is 2. The van der Waals surface area contributed by atoms with Gasteiger partial charge in [0.1, 0.15) is 11.8 Å². The number of nitriles is 1. The van der Waals surface area contributed by atoms with Crippen LogP contribution in [0.25, 0.3) is 0 Å². The number of nitrogens with one attached hydrogen (secondary N) is 1. The minimum atomic E-state index is -0.654. The van der Waals surface area contributed by atoms with Crippen LogP contribution in [0.5, 0.6) is 0 Å². The molecule has 3 rings (SSSR count). The Balaban J connectivity index is 2.12. The van der Waals surface area contributed by atoms with E-state index in [0.29, 0.717) is 11.5 Å². The highest BCUT2D eigenvalue weighted by Crippen LogP contribution is 2.33. The normalized spacial score (nSPS) is 19.0. The van der Waals surface area contributed by atoms with E-state index in [0.717, 1.165) is 37.3 Å². The second kappa shape index (κ2) is 6.53. The molecule has 118 valence electrons. The molecule has 2 aliphatic heterocycles. The topological polar surface area (TPSA) is 77.7 Å². The highest BCUT2D eigenvalue weighted by molar-refractivity contribution is 6.12. The van der Waals surface area contributed by atoms with Crippen molar-refractivity contribution in [2.45, 2.75) is 19.3 Å². The number of likely N-dealkylation sites (tertiary alicyclic amines) is 1. The summed E-state index contributed by atoms with van der Waals surface area (Å²) in [5, 5.41) is 12.6. The van der Waals surface area contributed by atoms with Crippen molar-refractivity contribution in [1.82, 2.24) is 4.90 Å². The van der Waals surface area contributed by atoms with Crippen molar-refractivity contribution in [3.63, 3.8) is 0 Å². The molecule has 1 N–H and O–H groups in total. The van der Waals surface area contributed by atoms with Gasteiger partial charge in [0.2, 0.25) is 0 Å². The van der Waals surface area contributed by atoms with Crippen LogP contribution in [0.4, 0.5) is 11.4 Å². The largest absolute Gasteiger partial charge is 0.465 e. The molecule has 23 heavy (non-hydrogen) atoms. The number of carbonyl (C=O) groups excluding carboxylic acids is 1. The fourth-order valence-corrected chi connectivity index (χ4v) is 2.85. The average molecular weight is 310 g/mol. The van der Waals surface area contributed by atoms with Gasteiger partial charge in [-0.1, -0.05) is 12.1 Å². The van der Waals surface area contributed by atoms with Crippen LogP contribution >= 0.6 is 0 Å². The quantitative estimate of drug-likeness (QED) is 0.490. The van der Waals surface area contributed by atoms with Crippen LogP contribution in [0.1, 0.15) is 19.3 Å². The maximum atomic E-state index is 12.0. The van der Waals surface area contributed by atoms with E-state index in [2.05, 4.69) is 10.2 Å². The first-order valence-corrected chi connectivity index (χ1v) is 7.67. The lowest BCUT2D eigenvalue weighted by Gasteiger charge is -2.33. The van der Waals surface area contributed by atoms with E-state index in [1.54, 1.807) is 0 Å². The number of methoxy groups -OCH3 is 1. The van der Waals surface area contributed by atoms with Crippen molar-refractivity contribution in [2.75, 3.05) is 25.5 Å². The molecule has 6 heteroatoms. The summed E-state index contributed by atoms with van der Waals surface area (Å²) in [6, 6.07) is 9.54. The molecule has 0 atom stereocenters. The Labute approximate surface area is 135 Å². The molecule has 0 aliphatic carbocycles. The highest BCUT2D eigenvalue weighted by Gasteiger charge is 2.28. The smallest absolute Gasteiger partial charge is 0.350 e. The van der Waals surface area contributed by atoms with Crippen LogP contribution in [0.15, 0.2) is 40.5 Å². The van der Waals surface area contributed by atoms with E-state index in [1.165, 1.54) is 13.5 Å². The van der Waals surface area contributed by atoms with Crippen LogP contribution in [0.3, 0.4) is 0 Å². The van der Waals surface area contributed by atoms with Gasteiger partial charge >= 0.3 is 5.97 Å². The molecule has 1 aromatic carbocycles. The number of aliphatic imine (C=N–C) groups is 1. The van der Waals surface area contributed by atoms with Crippen LogP contribution in [-0.2, 0) is 9.53 Å². The molecule has 0 aromatic heterocycles. The Kier molecular flexibility index (Phi) is 4.29. The van der Waals surface area contributed by atoms with E-state index in [-0.39, 0.29) is 5.57 Å². The molecule has 2 aliphatic rings. The summed E-state index contributed by atoms with van der Waals surface area (Å²) in [6.07, 6.45) is 3.34. The number of carbonyl (C=O) groups is 1. The van der Waals surface area contributed by atoms with Crippen molar-refractivity contribution in [1.29, 1.82) is 5.26 Å². The summed E-state index contributed by atoms with van der Waals surface area (Å²) in [7, 11) is 1.27. The third kappa shape index (κ3) is 2.90. The number of rotatable bonds is 1. The fraction of sp³-hybridized carbons (Fsp3) is 0.353. The molecule has 2 heterocycles. The average Bonchev–Trinajstić information content (AvgIpc) is 2.62. The molecule has 6 nitrogen and oxygen atoms in total. The van der Waals surface area contributed by atoms with E-state index >= 15 is 0 Å². The number of anilines is 1. The first-order chi connectivity index (χ1) is 11.2. The number of benzene rings is 1. The van der Waals surface area contributed by atoms with E-state index < -0.39 is 5.97 Å². The Morgan fingerprint density at radius 3 is 2.74 bits per heavy atom. The molecule has 0 saturated carbocycles. The molecule has 0 amide bonds. The molecule has 0 radical (unpaired) electrons. The molecular formula is C17H18N4O2. The van der Waals surface area contributed by atoms with E-state index in [1.807, 2.05) is 30.3 Å². The van der Waals surface area contributed by atoms with Crippen molar-refractivity contribution in [3.05, 3.63) is 35.5 Å². The Morgan fingerprint density at radius 1 is 1.30 bits per heavy atom. The zero-order chi connectivity index (χ0) is 16.2. The molecule has 0 spiro atoms. The number of amidine groups is 1. The molecule has 0 unspecified atom stereocenters. The second-order valence-electron chi connectivity index (χ2n) is 5.48. The summed E-state index contributed by atoms with van der Waals surface area (Å²) in [6.45, 7) is 1.73. The van der Waals surface area contributed by atoms with Crippen LogP contribution < -0.4 is 5.32 Å². The minimum Gasteiger partial charge on any atom is -0.465 e.